The molecule has 0 spiro atoms. The van der Waals surface area contributed by atoms with Gasteiger partial charge in [0, 0.05) is 13.6 Å². The molecule has 0 aliphatic carbocycles. The van der Waals surface area contributed by atoms with E-state index in [1.165, 1.54) is 36.2 Å². The number of likely N-dealkylation sites (N-methyl/N-ethyl adjacent to an activating group) is 1. The van der Waals surface area contributed by atoms with Gasteiger partial charge in [0.2, 0.25) is 10.0 Å². The number of amides is 1. The van der Waals surface area contributed by atoms with Crippen LogP contribution >= 0.6 is 0 Å². The van der Waals surface area contributed by atoms with Crippen molar-refractivity contribution in [2.24, 2.45) is 0 Å². The Kier molecular flexibility index (Phi) is 7.74. The van der Waals surface area contributed by atoms with Crippen LogP contribution in [0.5, 0.6) is 5.75 Å². The minimum Gasteiger partial charge on any atom is -0.494 e. The Bertz CT molecular complexity index is 957. The van der Waals surface area contributed by atoms with Crippen molar-refractivity contribution in [2.45, 2.75) is 18.4 Å². The monoisotopic (exact) mass is 420 g/mol. The summed E-state index contributed by atoms with van der Waals surface area (Å²) in [5.74, 6) is -0.408. The van der Waals surface area contributed by atoms with Crippen LogP contribution in [0.25, 0.3) is 0 Å². The van der Waals surface area contributed by atoms with Crippen LogP contribution in [0.15, 0.2) is 53.4 Å². The van der Waals surface area contributed by atoms with Crippen LogP contribution in [0.4, 0.5) is 0 Å². The molecule has 0 saturated carbocycles. The van der Waals surface area contributed by atoms with Gasteiger partial charge in [0.1, 0.15) is 5.75 Å². The number of hydrogen-bond donors (Lipinski definition) is 1. The normalized spacial score (nSPS) is 11.0. The summed E-state index contributed by atoms with van der Waals surface area (Å²) in [6, 6.07) is 12.8. The molecular formula is C20H24N2O6S. The third kappa shape index (κ3) is 6.30. The standard InChI is InChI=1S/C20H24N2O6S/c1-4-27-17-10-8-15(9-11-17)13-22(3)19(23)14-28-20(24)16-6-5-7-18(12-16)29(25,26)21-2/h5-12,21H,4,13-14H2,1-3H3. The minimum atomic E-state index is -3.68. The molecule has 0 atom stereocenters. The number of esters is 1. The smallest absolute Gasteiger partial charge is 0.338 e. The highest BCUT2D eigenvalue weighted by molar-refractivity contribution is 7.89. The quantitative estimate of drug-likeness (QED) is 0.621. The first-order valence-electron chi connectivity index (χ1n) is 8.93. The van der Waals surface area contributed by atoms with Crippen LogP contribution in [0, 0.1) is 0 Å². The van der Waals surface area contributed by atoms with E-state index in [0.29, 0.717) is 13.2 Å². The Morgan fingerprint density at radius 3 is 2.41 bits per heavy atom. The lowest BCUT2D eigenvalue weighted by Gasteiger charge is -2.17. The second-order valence-electron chi connectivity index (χ2n) is 6.14. The third-order valence-electron chi connectivity index (χ3n) is 4.06. The number of nitrogens with one attached hydrogen (secondary N) is 1. The molecule has 9 heteroatoms. The topological polar surface area (TPSA) is 102 Å². The number of nitrogens with zero attached hydrogens (tertiary/aromatic N) is 1. The van der Waals surface area contributed by atoms with Gasteiger partial charge in [0.25, 0.3) is 5.91 Å². The van der Waals surface area contributed by atoms with Gasteiger partial charge in [-0.05, 0) is 49.9 Å². The summed E-state index contributed by atoms with van der Waals surface area (Å²) >= 11 is 0. The molecule has 0 radical (unpaired) electrons. The summed E-state index contributed by atoms with van der Waals surface area (Å²) in [4.78, 5) is 25.8. The molecule has 1 amide bonds. The molecular weight excluding hydrogens is 396 g/mol. The zero-order valence-electron chi connectivity index (χ0n) is 16.5. The average molecular weight is 420 g/mol. The lowest BCUT2D eigenvalue weighted by atomic mass is 10.2. The second-order valence-corrected chi connectivity index (χ2v) is 8.02. The van der Waals surface area contributed by atoms with Gasteiger partial charge in [-0.3, -0.25) is 4.79 Å². The van der Waals surface area contributed by atoms with Crippen LogP contribution in [0.2, 0.25) is 0 Å². The number of hydrogen-bond acceptors (Lipinski definition) is 6. The lowest BCUT2D eigenvalue weighted by molar-refractivity contribution is -0.133. The molecule has 0 aliphatic heterocycles. The van der Waals surface area contributed by atoms with Crippen LogP contribution in [0.3, 0.4) is 0 Å². The van der Waals surface area contributed by atoms with E-state index >= 15 is 0 Å². The molecule has 0 unspecified atom stereocenters. The summed E-state index contributed by atoms with van der Waals surface area (Å²) in [6.45, 7) is 2.37. The molecule has 2 aromatic carbocycles. The molecule has 0 heterocycles. The zero-order chi connectivity index (χ0) is 21.4. The van der Waals surface area contributed by atoms with E-state index in [9.17, 15) is 18.0 Å². The third-order valence-corrected chi connectivity index (χ3v) is 5.47. The molecule has 8 nitrogen and oxygen atoms in total. The zero-order valence-corrected chi connectivity index (χ0v) is 17.4. The van der Waals surface area contributed by atoms with Gasteiger partial charge in [-0.25, -0.2) is 17.9 Å². The van der Waals surface area contributed by atoms with Crippen molar-refractivity contribution in [3.05, 3.63) is 59.7 Å². The number of ether oxygens (including phenoxy) is 2. The second kappa shape index (κ2) is 10.0. The van der Waals surface area contributed by atoms with Crippen molar-refractivity contribution in [3.8, 4) is 5.75 Å². The number of rotatable bonds is 9. The Labute approximate surface area is 170 Å². The van der Waals surface area contributed by atoms with E-state index in [1.807, 2.05) is 31.2 Å². The Morgan fingerprint density at radius 2 is 1.79 bits per heavy atom. The SMILES string of the molecule is CCOc1ccc(CN(C)C(=O)COC(=O)c2cccc(S(=O)(=O)NC)c2)cc1. The summed E-state index contributed by atoms with van der Waals surface area (Å²) in [7, 11) is -0.801. The van der Waals surface area contributed by atoms with E-state index < -0.39 is 22.6 Å². The van der Waals surface area contributed by atoms with E-state index in [0.717, 1.165) is 11.3 Å². The molecule has 1 N–H and O–H groups in total. The predicted octanol–water partition coefficient (Wildman–Crippen LogP) is 1.81. The van der Waals surface area contributed by atoms with Gasteiger partial charge in [-0.15, -0.1) is 0 Å². The predicted molar refractivity (Wildman–Crippen MR) is 107 cm³/mol. The molecule has 2 rings (SSSR count). The van der Waals surface area contributed by atoms with Gasteiger partial charge in [-0.2, -0.15) is 0 Å². The van der Waals surface area contributed by atoms with E-state index in [1.54, 1.807) is 7.05 Å². The maximum Gasteiger partial charge on any atom is 0.338 e. The van der Waals surface area contributed by atoms with Crippen molar-refractivity contribution >= 4 is 21.9 Å². The first-order valence-corrected chi connectivity index (χ1v) is 10.4. The van der Waals surface area contributed by atoms with E-state index in [2.05, 4.69) is 4.72 Å². The van der Waals surface area contributed by atoms with Crippen LogP contribution < -0.4 is 9.46 Å². The number of carbonyl (C=O) groups excluding carboxylic acids is 2. The van der Waals surface area contributed by atoms with Crippen molar-refractivity contribution in [1.29, 1.82) is 0 Å². The van der Waals surface area contributed by atoms with E-state index in [-0.39, 0.29) is 16.4 Å². The number of carbonyl (C=O) groups is 2. The summed E-state index contributed by atoms with van der Waals surface area (Å²) in [6.07, 6.45) is 0. The number of benzene rings is 2. The molecule has 0 aliphatic rings. The largest absolute Gasteiger partial charge is 0.494 e. The maximum atomic E-state index is 12.2. The van der Waals surface area contributed by atoms with Crippen LogP contribution in [0.1, 0.15) is 22.8 Å². The van der Waals surface area contributed by atoms with Gasteiger partial charge in [0.05, 0.1) is 17.1 Å². The van der Waals surface area contributed by atoms with Crippen molar-refractivity contribution in [2.75, 3.05) is 27.3 Å². The fraction of sp³-hybridized carbons (Fsp3) is 0.300. The van der Waals surface area contributed by atoms with Gasteiger partial charge in [-0.1, -0.05) is 18.2 Å². The number of sulfonamides is 1. The molecule has 29 heavy (non-hydrogen) atoms. The fourth-order valence-corrected chi connectivity index (χ4v) is 3.22. The lowest BCUT2D eigenvalue weighted by Crippen LogP contribution is -2.30. The average Bonchev–Trinajstić information content (AvgIpc) is 2.73. The van der Waals surface area contributed by atoms with Gasteiger partial charge >= 0.3 is 5.97 Å². The van der Waals surface area contributed by atoms with Crippen molar-refractivity contribution < 1.29 is 27.5 Å². The summed E-state index contributed by atoms with van der Waals surface area (Å²) in [5.41, 5.74) is 0.948. The highest BCUT2D eigenvalue weighted by Gasteiger charge is 2.17. The maximum absolute atomic E-state index is 12.2. The molecule has 0 saturated heterocycles. The Balaban J connectivity index is 1.92. The minimum absolute atomic E-state index is 0.0447. The molecule has 156 valence electrons. The molecule has 2 aromatic rings. The van der Waals surface area contributed by atoms with Crippen LogP contribution in [-0.4, -0.2) is 52.5 Å². The molecule has 0 aromatic heterocycles. The van der Waals surface area contributed by atoms with Crippen molar-refractivity contribution in [3.63, 3.8) is 0 Å². The Morgan fingerprint density at radius 1 is 1.10 bits per heavy atom. The molecule has 0 fully saturated rings. The van der Waals surface area contributed by atoms with Crippen LogP contribution in [-0.2, 0) is 26.1 Å². The van der Waals surface area contributed by atoms with Crippen molar-refractivity contribution in [1.82, 2.24) is 9.62 Å². The summed E-state index contributed by atoms with van der Waals surface area (Å²) in [5, 5.41) is 0. The van der Waals surface area contributed by atoms with Gasteiger partial charge < -0.3 is 14.4 Å². The van der Waals surface area contributed by atoms with E-state index in [4.69, 9.17) is 9.47 Å². The van der Waals surface area contributed by atoms with Gasteiger partial charge in [0.15, 0.2) is 6.61 Å². The highest BCUT2D eigenvalue weighted by Crippen LogP contribution is 2.14. The highest BCUT2D eigenvalue weighted by atomic mass is 32.2. The Hall–Kier alpha value is -2.91. The molecule has 0 bridgehead atoms. The fourth-order valence-electron chi connectivity index (χ4n) is 2.45. The first-order chi connectivity index (χ1) is 13.8. The summed E-state index contributed by atoms with van der Waals surface area (Å²) < 4.78 is 36.2. The first kappa shape index (κ1) is 22.4.